The second-order valence-electron chi connectivity index (χ2n) is 6.67. The number of halogens is 1. The van der Waals surface area contributed by atoms with Gasteiger partial charge in [-0.3, -0.25) is 5.10 Å². The lowest BCUT2D eigenvalue weighted by Gasteiger charge is -2.31. The highest BCUT2D eigenvalue weighted by Gasteiger charge is 2.28. The highest BCUT2D eigenvalue weighted by Crippen LogP contribution is 2.28. The quantitative estimate of drug-likeness (QED) is 0.748. The number of urea groups is 1. The van der Waals surface area contributed by atoms with Gasteiger partial charge in [-0.2, -0.15) is 17.8 Å². The molecule has 2 aromatic rings. The molecule has 2 aliphatic heterocycles. The minimum atomic E-state index is -4.71. The maximum absolute atomic E-state index is 13.0. The summed E-state index contributed by atoms with van der Waals surface area (Å²) in [7, 11) is -4.71. The number of piperazine rings is 1. The predicted octanol–water partition coefficient (Wildman–Crippen LogP) is 1.51. The van der Waals surface area contributed by atoms with Crippen molar-refractivity contribution in [1.82, 2.24) is 19.4 Å². The third kappa shape index (κ3) is 3.86. The van der Waals surface area contributed by atoms with Crippen molar-refractivity contribution in [2.45, 2.75) is 13.0 Å². The summed E-state index contributed by atoms with van der Waals surface area (Å²) in [5.74, 6) is 0. The average Bonchev–Trinajstić information content (AvgIpc) is 3.12. The van der Waals surface area contributed by atoms with Crippen LogP contribution in [0.4, 0.5) is 14.4 Å². The molecule has 1 aromatic carbocycles. The Balaban J connectivity index is 1.39. The second kappa shape index (κ2) is 7.49. The molecule has 1 saturated heterocycles. The number of rotatable bonds is 3. The van der Waals surface area contributed by atoms with E-state index in [9.17, 15) is 17.1 Å². The number of anilines is 1. The van der Waals surface area contributed by atoms with Crippen molar-refractivity contribution in [3.8, 4) is 11.3 Å². The van der Waals surface area contributed by atoms with Gasteiger partial charge in [-0.05, 0) is 12.1 Å². The van der Waals surface area contributed by atoms with Gasteiger partial charge in [-0.25, -0.2) is 4.79 Å². The van der Waals surface area contributed by atoms with Crippen molar-refractivity contribution in [1.29, 1.82) is 0 Å². The molecule has 0 aliphatic carbocycles. The number of fused-ring (bicyclic) bond motifs is 1. The van der Waals surface area contributed by atoms with E-state index in [-0.39, 0.29) is 32.2 Å². The lowest BCUT2D eigenvalue weighted by atomic mass is 10.0. The number of nitrogens with zero attached hydrogens (tertiary/aromatic N) is 3. The molecule has 0 spiro atoms. The van der Waals surface area contributed by atoms with Crippen molar-refractivity contribution < 1.29 is 21.8 Å². The number of ether oxygens (including phenoxy) is 1. The Morgan fingerprint density at radius 1 is 1.18 bits per heavy atom. The zero-order chi connectivity index (χ0) is 19.7. The number of hydrogen-bond acceptors (Lipinski definition) is 5. The fourth-order valence-electron chi connectivity index (χ4n) is 3.37. The van der Waals surface area contributed by atoms with Crippen molar-refractivity contribution in [2.24, 2.45) is 0 Å². The van der Waals surface area contributed by atoms with Crippen LogP contribution < -0.4 is 5.32 Å². The Morgan fingerprint density at radius 3 is 2.57 bits per heavy atom. The van der Waals surface area contributed by atoms with Gasteiger partial charge in [0, 0.05) is 55.1 Å². The number of aromatic nitrogens is 2. The molecule has 4 rings (SSSR count). The van der Waals surface area contributed by atoms with Crippen LogP contribution in [0.2, 0.25) is 0 Å². The molecule has 3 heterocycles. The Morgan fingerprint density at radius 2 is 1.89 bits per heavy atom. The highest BCUT2D eigenvalue weighted by molar-refractivity contribution is 7.83. The number of carbonyl (C=O) groups is 1. The van der Waals surface area contributed by atoms with Crippen molar-refractivity contribution in [2.75, 3.05) is 38.1 Å². The maximum Gasteiger partial charge on any atom is 0.374 e. The van der Waals surface area contributed by atoms with E-state index in [0.717, 1.165) is 33.2 Å². The van der Waals surface area contributed by atoms with Gasteiger partial charge in [0.25, 0.3) is 0 Å². The molecule has 2 amide bonds. The highest BCUT2D eigenvalue weighted by atomic mass is 32.3. The first-order valence-corrected chi connectivity index (χ1v) is 10.3. The van der Waals surface area contributed by atoms with Gasteiger partial charge in [0.1, 0.15) is 0 Å². The Hall–Kier alpha value is -2.50. The summed E-state index contributed by atoms with van der Waals surface area (Å²) in [4.78, 5) is 13.8. The lowest BCUT2D eigenvalue weighted by molar-refractivity contribution is 0.110. The molecular formula is C17H20FN5O4S. The summed E-state index contributed by atoms with van der Waals surface area (Å²) in [6, 6.07) is 6.94. The first-order chi connectivity index (χ1) is 13.4. The SMILES string of the molecule is O=C(Nc1ccc(-c2n[nH]c3c2COCC3)cc1)N1CCN(S(=O)(=O)F)CC1. The average molecular weight is 409 g/mol. The fraction of sp³-hybridized carbons (Fsp3) is 0.412. The Kier molecular flexibility index (Phi) is 5.04. The first kappa shape index (κ1) is 18.8. The van der Waals surface area contributed by atoms with E-state index >= 15 is 0 Å². The normalized spacial score (nSPS) is 18.0. The molecule has 150 valence electrons. The number of nitrogens with one attached hydrogen (secondary N) is 2. The molecule has 0 radical (unpaired) electrons. The minimum Gasteiger partial charge on any atom is -0.376 e. The summed E-state index contributed by atoms with van der Waals surface area (Å²) < 4.78 is 41.0. The number of benzene rings is 1. The zero-order valence-corrected chi connectivity index (χ0v) is 15.8. The van der Waals surface area contributed by atoms with Crippen molar-refractivity contribution in [3.63, 3.8) is 0 Å². The number of aromatic amines is 1. The molecule has 28 heavy (non-hydrogen) atoms. The Bertz CT molecular complexity index is 968. The number of hydrogen-bond donors (Lipinski definition) is 2. The van der Waals surface area contributed by atoms with Gasteiger partial charge in [0.2, 0.25) is 0 Å². The summed E-state index contributed by atoms with van der Waals surface area (Å²) in [6.07, 6.45) is 0.813. The minimum absolute atomic E-state index is 0.0580. The zero-order valence-electron chi connectivity index (χ0n) is 15.0. The monoisotopic (exact) mass is 409 g/mol. The van der Waals surface area contributed by atoms with E-state index in [0.29, 0.717) is 18.9 Å². The predicted molar refractivity (Wildman–Crippen MR) is 99.6 cm³/mol. The molecule has 0 saturated carbocycles. The summed E-state index contributed by atoms with van der Waals surface area (Å²) in [5.41, 5.74) is 4.52. The summed E-state index contributed by atoms with van der Waals surface area (Å²) in [5, 5.41) is 10.2. The Labute approximate surface area is 161 Å². The number of carbonyl (C=O) groups excluding carboxylic acids is 1. The first-order valence-electron chi connectivity index (χ1n) is 8.92. The van der Waals surface area contributed by atoms with Crippen LogP contribution in [-0.4, -0.2) is 66.6 Å². The fourth-order valence-corrected chi connectivity index (χ4v) is 3.97. The van der Waals surface area contributed by atoms with E-state index in [2.05, 4.69) is 15.5 Å². The van der Waals surface area contributed by atoms with E-state index in [1.807, 2.05) is 12.1 Å². The topological polar surface area (TPSA) is 108 Å². The van der Waals surface area contributed by atoms with Gasteiger partial charge in [0.15, 0.2) is 0 Å². The number of amides is 2. The van der Waals surface area contributed by atoms with E-state index in [4.69, 9.17) is 4.74 Å². The van der Waals surface area contributed by atoms with Gasteiger partial charge in [-0.1, -0.05) is 16.0 Å². The van der Waals surface area contributed by atoms with Crippen LogP contribution in [0.3, 0.4) is 0 Å². The largest absolute Gasteiger partial charge is 0.376 e. The van der Waals surface area contributed by atoms with E-state index < -0.39 is 10.4 Å². The van der Waals surface area contributed by atoms with Gasteiger partial charge < -0.3 is 15.0 Å². The molecule has 1 aromatic heterocycles. The molecule has 9 nitrogen and oxygen atoms in total. The molecule has 2 N–H and O–H groups in total. The van der Waals surface area contributed by atoms with Crippen LogP contribution in [0.15, 0.2) is 24.3 Å². The third-order valence-electron chi connectivity index (χ3n) is 4.94. The van der Waals surface area contributed by atoms with Crippen molar-refractivity contribution in [3.05, 3.63) is 35.5 Å². The maximum atomic E-state index is 13.0. The van der Waals surface area contributed by atoms with E-state index in [1.165, 1.54) is 4.90 Å². The van der Waals surface area contributed by atoms with Gasteiger partial charge in [-0.15, -0.1) is 0 Å². The lowest BCUT2D eigenvalue weighted by Crippen LogP contribution is -2.50. The van der Waals surface area contributed by atoms with Gasteiger partial charge >= 0.3 is 16.4 Å². The molecule has 0 unspecified atom stereocenters. The van der Waals surface area contributed by atoms with E-state index in [1.54, 1.807) is 12.1 Å². The molecule has 2 aliphatic rings. The smallest absolute Gasteiger partial charge is 0.374 e. The van der Waals surface area contributed by atoms with Gasteiger partial charge in [0.05, 0.1) is 18.9 Å². The third-order valence-corrected chi connectivity index (χ3v) is 5.92. The molecule has 0 atom stereocenters. The molecule has 11 heteroatoms. The van der Waals surface area contributed by atoms with Crippen LogP contribution in [0, 0.1) is 0 Å². The second-order valence-corrected chi connectivity index (χ2v) is 8.01. The molecule has 1 fully saturated rings. The summed E-state index contributed by atoms with van der Waals surface area (Å²) >= 11 is 0. The number of H-pyrrole nitrogens is 1. The summed E-state index contributed by atoms with van der Waals surface area (Å²) in [6.45, 7) is 1.36. The molecule has 0 bridgehead atoms. The van der Waals surface area contributed by atoms with Crippen LogP contribution >= 0.6 is 0 Å². The van der Waals surface area contributed by atoms with Crippen LogP contribution in [0.5, 0.6) is 0 Å². The van der Waals surface area contributed by atoms with Crippen molar-refractivity contribution >= 4 is 22.1 Å². The molecular weight excluding hydrogens is 389 g/mol. The standard InChI is InChI=1S/C17H20FN5O4S/c18-28(25,26)23-8-6-22(7-9-23)17(24)19-13-3-1-12(2-4-13)16-14-11-27-10-5-15(14)20-21-16/h1-4H,5-11H2,(H,19,24)(H,20,21). The van der Waals surface area contributed by atoms with Crippen LogP contribution in [0.25, 0.3) is 11.3 Å². The van der Waals surface area contributed by atoms with Crippen LogP contribution in [0.1, 0.15) is 11.3 Å². The van der Waals surface area contributed by atoms with Crippen LogP contribution in [-0.2, 0) is 28.2 Å².